The molecule has 0 unspecified atom stereocenters. The minimum Gasteiger partial charge on any atom is -0.394 e. The molecule has 1 aromatic rings. The molecule has 1 aliphatic carbocycles. The lowest BCUT2D eigenvalue weighted by Crippen LogP contribution is -2.73. The minimum absolute atomic E-state index is 0.0129. The molecule has 2 heterocycles. The Hall–Kier alpha value is -2.36. The summed E-state index contributed by atoms with van der Waals surface area (Å²) >= 11 is 0. The van der Waals surface area contributed by atoms with Crippen LogP contribution in [-0.4, -0.2) is 72.2 Å². The maximum absolute atomic E-state index is 12.5. The van der Waals surface area contributed by atoms with E-state index >= 15 is 0 Å². The number of carbonyl (C=O) groups excluding carboxylic acids is 2. The number of hydrogen-bond acceptors (Lipinski definition) is 4. The van der Waals surface area contributed by atoms with Crippen molar-refractivity contribution in [2.45, 2.75) is 43.7 Å². The molecule has 3 aliphatic rings. The van der Waals surface area contributed by atoms with Gasteiger partial charge in [-0.1, -0.05) is 36.8 Å². The van der Waals surface area contributed by atoms with E-state index in [2.05, 4.69) is 11.8 Å². The molecule has 2 aliphatic heterocycles. The predicted molar refractivity (Wildman–Crippen MR) is 108 cm³/mol. The van der Waals surface area contributed by atoms with Gasteiger partial charge in [-0.2, -0.15) is 0 Å². The van der Waals surface area contributed by atoms with Crippen LogP contribution in [0.5, 0.6) is 0 Å². The molecule has 0 bridgehead atoms. The van der Waals surface area contributed by atoms with E-state index in [9.17, 15) is 14.7 Å². The smallest absolute Gasteiger partial charge is 0.249 e. The van der Waals surface area contributed by atoms with E-state index in [4.69, 9.17) is 4.74 Å². The number of benzene rings is 1. The molecule has 0 spiro atoms. The third kappa shape index (κ3) is 3.90. The van der Waals surface area contributed by atoms with E-state index in [1.54, 1.807) is 9.80 Å². The fourth-order valence-electron chi connectivity index (χ4n) is 4.95. The van der Waals surface area contributed by atoms with Crippen LogP contribution in [0.4, 0.5) is 0 Å². The van der Waals surface area contributed by atoms with Crippen LogP contribution < -0.4 is 0 Å². The Morgan fingerprint density at radius 2 is 1.97 bits per heavy atom. The number of methoxy groups -OCH3 is 1. The number of aliphatic hydroxyl groups excluding tert-OH is 1. The van der Waals surface area contributed by atoms with Gasteiger partial charge in [0, 0.05) is 31.1 Å². The van der Waals surface area contributed by atoms with Gasteiger partial charge >= 0.3 is 0 Å². The van der Waals surface area contributed by atoms with Crippen molar-refractivity contribution in [2.75, 3.05) is 33.4 Å². The Labute approximate surface area is 171 Å². The number of amides is 2. The Morgan fingerprint density at radius 1 is 1.24 bits per heavy atom. The molecular weight excluding hydrogens is 368 g/mol. The van der Waals surface area contributed by atoms with Gasteiger partial charge < -0.3 is 19.6 Å². The van der Waals surface area contributed by atoms with Crippen molar-refractivity contribution in [3.8, 4) is 11.8 Å². The van der Waals surface area contributed by atoms with Crippen LogP contribution in [0.2, 0.25) is 0 Å². The van der Waals surface area contributed by atoms with Gasteiger partial charge in [-0.15, -0.1) is 0 Å². The molecule has 6 heteroatoms. The van der Waals surface area contributed by atoms with Crippen molar-refractivity contribution < 1.29 is 19.4 Å². The highest BCUT2D eigenvalue weighted by Gasteiger charge is 2.54. The first-order valence-corrected chi connectivity index (χ1v) is 10.4. The first kappa shape index (κ1) is 19.9. The lowest BCUT2D eigenvalue weighted by Gasteiger charge is -2.58. The Kier molecular flexibility index (Phi) is 5.89. The van der Waals surface area contributed by atoms with Crippen molar-refractivity contribution >= 4 is 11.8 Å². The average Bonchev–Trinajstić information content (AvgIpc) is 3.22. The number of piperazine rings is 1. The van der Waals surface area contributed by atoms with E-state index < -0.39 is 0 Å². The number of aliphatic hydroxyl groups is 1. The molecule has 4 rings (SSSR count). The second kappa shape index (κ2) is 8.56. The SMILES string of the molecule is COCC(=O)N1CC(=O)N2[C@H](CO)[C@@H](c3ccc(C#CC4CCCC4)cc3)[C@@H]2C1. The van der Waals surface area contributed by atoms with E-state index in [1.807, 2.05) is 24.3 Å². The molecule has 1 aromatic carbocycles. The average molecular weight is 396 g/mol. The zero-order chi connectivity index (χ0) is 20.4. The molecule has 6 nitrogen and oxygen atoms in total. The largest absolute Gasteiger partial charge is 0.394 e. The fraction of sp³-hybridized carbons (Fsp3) is 0.565. The molecular formula is C23H28N2O4. The first-order chi connectivity index (χ1) is 14.1. The number of fused-ring (bicyclic) bond motifs is 1. The van der Waals surface area contributed by atoms with Crippen LogP contribution in [0.25, 0.3) is 0 Å². The topological polar surface area (TPSA) is 70.1 Å². The molecule has 0 aromatic heterocycles. The van der Waals surface area contributed by atoms with Crippen LogP contribution in [0, 0.1) is 17.8 Å². The van der Waals surface area contributed by atoms with Crippen LogP contribution in [0.15, 0.2) is 24.3 Å². The van der Waals surface area contributed by atoms with Gasteiger partial charge in [-0.05, 0) is 30.5 Å². The lowest BCUT2D eigenvalue weighted by atomic mass is 9.73. The molecule has 154 valence electrons. The first-order valence-electron chi connectivity index (χ1n) is 10.4. The van der Waals surface area contributed by atoms with Crippen molar-refractivity contribution in [3.63, 3.8) is 0 Å². The molecule has 1 saturated carbocycles. The monoisotopic (exact) mass is 396 g/mol. The quantitative estimate of drug-likeness (QED) is 0.781. The highest BCUT2D eigenvalue weighted by Crippen LogP contribution is 2.42. The second-order valence-corrected chi connectivity index (χ2v) is 8.22. The Morgan fingerprint density at radius 3 is 2.62 bits per heavy atom. The Bertz CT molecular complexity index is 820. The van der Waals surface area contributed by atoms with Gasteiger partial charge in [0.05, 0.1) is 25.2 Å². The normalized spacial score (nSPS) is 26.6. The summed E-state index contributed by atoms with van der Waals surface area (Å²) in [6.07, 6.45) is 4.97. The minimum atomic E-state index is -0.234. The summed E-state index contributed by atoms with van der Waals surface area (Å²) in [7, 11) is 1.47. The van der Waals surface area contributed by atoms with Crippen LogP contribution in [0.1, 0.15) is 42.7 Å². The summed E-state index contributed by atoms with van der Waals surface area (Å²) in [6, 6.07) is 7.79. The molecule has 1 N–H and O–H groups in total. The summed E-state index contributed by atoms with van der Waals surface area (Å²) in [4.78, 5) is 28.1. The third-order valence-electron chi connectivity index (χ3n) is 6.44. The fourth-order valence-corrected chi connectivity index (χ4v) is 4.95. The number of carbonyl (C=O) groups is 2. The molecule has 29 heavy (non-hydrogen) atoms. The van der Waals surface area contributed by atoms with Crippen LogP contribution in [-0.2, 0) is 14.3 Å². The van der Waals surface area contributed by atoms with E-state index in [0.29, 0.717) is 12.5 Å². The Balaban J connectivity index is 1.49. The highest BCUT2D eigenvalue weighted by atomic mass is 16.5. The molecule has 3 atom stereocenters. The summed E-state index contributed by atoms with van der Waals surface area (Å²) in [5, 5.41) is 9.88. The number of hydrogen-bond donors (Lipinski definition) is 1. The third-order valence-corrected chi connectivity index (χ3v) is 6.44. The number of ether oxygens (including phenoxy) is 1. The van der Waals surface area contributed by atoms with E-state index in [1.165, 1.54) is 32.8 Å². The number of nitrogens with zero attached hydrogens (tertiary/aromatic N) is 2. The van der Waals surface area contributed by atoms with Gasteiger partial charge in [-0.3, -0.25) is 9.59 Å². The maximum atomic E-state index is 12.5. The molecule has 2 amide bonds. The zero-order valence-corrected chi connectivity index (χ0v) is 16.8. The molecule has 2 saturated heterocycles. The summed E-state index contributed by atoms with van der Waals surface area (Å²) in [6.45, 7) is 0.417. The summed E-state index contributed by atoms with van der Waals surface area (Å²) in [5.41, 5.74) is 2.07. The summed E-state index contributed by atoms with van der Waals surface area (Å²) < 4.78 is 4.93. The predicted octanol–water partition coefficient (Wildman–Crippen LogP) is 1.37. The van der Waals surface area contributed by atoms with Gasteiger partial charge in [0.15, 0.2) is 0 Å². The highest BCUT2D eigenvalue weighted by molar-refractivity contribution is 5.88. The maximum Gasteiger partial charge on any atom is 0.249 e. The molecule has 3 fully saturated rings. The lowest BCUT2D eigenvalue weighted by molar-refractivity contribution is -0.168. The van der Waals surface area contributed by atoms with Gasteiger partial charge in [0.1, 0.15) is 6.61 Å². The standard InChI is InChI=1S/C23H28N2O4/c1-29-15-22(28)24-12-19-23(20(14-26)25(19)21(27)13-24)18-10-8-17(9-11-18)7-6-16-4-2-3-5-16/h8-11,16,19-20,23,26H,2-5,12-15H2,1H3/t19-,20+,23-/m0/s1. The van der Waals surface area contributed by atoms with Gasteiger partial charge in [0.25, 0.3) is 0 Å². The van der Waals surface area contributed by atoms with E-state index in [-0.39, 0.29) is 49.6 Å². The zero-order valence-electron chi connectivity index (χ0n) is 16.8. The van der Waals surface area contributed by atoms with Crippen LogP contribution >= 0.6 is 0 Å². The van der Waals surface area contributed by atoms with Crippen molar-refractivity contribution in [1.82, 2.24) is 9.80 Å². The number of rotatable bonds is 4. The van der Waals surface area contributed by atoms with Crippen molar-refractivity contribution in [3.05, 3.63) is 35.4 Å². The van der Waals surface area contributed by atoms with Crippen LogP contribution in [0.3, 0.4) is 0 Å². The van der Waals surface area contributed by atoms with Crippen molar-refractivity contribution in [1.29, 1.82) is 0 Å². The van der Waals surface area contributed by atoms with Gasteiger partial charge in [-0.25, -0.2) is 0 Å². The van der Waals surface area contributed by atoms with Gasteiger partial charge in [0.2, 0.25) is 11.8 Å². The van der Waals surface area contributed by atoms with Crippen molar-refractivity contribution in [2.24, 2.45) is 5.92 Å². The summed E-state index contributed by atoms with van der Waals surface area (Å²) in [5.74, 6) is 6.91. The molecule has 0 radical (unpaired) electrons. The van der Waals surface area contributed by atoms with E-state index in [0.717, 1.165) is 11.1 Å². The second-order valence-electron chi connectivity index (χ2n) is 8.22.